The van der Waals surface area contributed by atoms with E-state index < -0.39 is 0 Å². The van der Waals surface area contributed by atoms with E-state index in [2.05, 4.69) is 10.3 Å². The van der Waals surface area contributed by atoms with Gasteiger partial charge in [-0.05, 0) is 48.9 Å². The third kappa shape index (κ3) is 5.77. The lowest BCUT2D eigenvalue weighted by Gasteiger charge is -2.09. The molecule has 0 aliphatic carbocycles. The lowest BCUT2D eigenvalue weighted by Crippen LogP contribution is -2.14. The monoisotopic (exact) mass is 401 g/mol. The van der Waals surface area contributed by atoms with Crippen molar-refractivity contribution in [2.45, 2.75) is 18.6 Å². The van der Waals surface area contributed by atoms with Crippen molar-refractivity contribution >= 4 is 35.0 Å². The number of rotatable bonds is 8. The van der Waals surface area contributed by atoms with Gasteiger partial charge in [-0.15, -0.1) is 0 Å². The maximum absolute atomic E-state index is 12.2. The van der Waals surface area contributed by atoms with E-state index in [0.29, 0.717) is 18.2 Å². The Morgan fingerprint density at radius 3 is 2.63 bits per heavy atom. The lowest BCUT2D eigenvalue weighted by molar-refractivity contribution is -0.113. The molecule has 0 radical (unpaired) electrons. The van der Waals surface area contributed by atoms with Crippen LogP contribution >= 0.6 is 23.4 Å². The fourth-order valence-electron chi connectivity index (χ4n) is 2.47. The summed E-state index contributed by atoms with van der Waals surface area (Å²) in [5.74, 6) is 0.990. The number of amides is 1. The molecule has 0 unspecified atom stereocenters. The Kier molecular flexibility index (Phi) is 6.79. The third-order valence-corrected chi connectivity index (χ3v) is 4.98. The summed E-state index contributed by atoms with van der Waals surface area (Å²) in [6.07, 6.45) is 3.64. The molecule has 5 nitrogen and oxygen atoms in total. The highest BCUT2D eigenvalue weighted by molar-refractivity contribution is 7.99. The number of hydrogen-bond acceptors (Lipinski definition) is 4. The number of nitrogens with zero attached hydrogens (tertiary/aromatic N) is 2. The van der Waals surface area contributed by atoms with Crippen LogP contribution in [0.4, 0.5) is 5.69 Å². The first kappa shape index (κ1) is 19.3. The summed E-state index contributed by atoms with van der Waals surface area (Å²) in [5, 5.41) is 4.39. The summed E-state index contributed by atoms with van der Waals surface area (Å²) in [4.78, 5) is 16.6. The smallest absolute Gasteiger partial charge is 0.234 e. The Morgan fingerprint density at radius 2 is 1.93 bits per heavy atom. The standard InChI is InChI=1S/C20H20ClN3O2S/c1-2-26-18-9-7-17(8-10-18)23-19(25)14-27-20-22-11-12-24(20)13-15-3-5-16(21)6-4-15/h3-12H,2,13-14H2,1H3,(H,23,25). The minimum Gasteiger partial charge on any atom is -0.494 e. The first-order valence-corrected chi connectivity index (χ1v) is 9.91. The Balaban J connectivity index is 1.53. The van der Waals surface area contributed by atoms with Gasteiger partial charge >= 0.3 is 0 Å². The molecule has 0 spiro atoms. The molecule has 1 heterocycles. The molecule has 0 atom stereocenters. The summed E-state index contributed by atoms with van der Waals surface area (Å²) in [7, 11) is 0. The molecule has 0 aliphatic heterocycles. The number of carbonyl (C=O) groups excluding carboxylic acids is 1. The largest absolute Gasteiger partial charge is 0.494 e. The fraction of sp³-hybridized carbons (Fsp3) is 0.200. The maximum atomic E-state index is 12.2. The number of aromatic nitrogens is 2. The highest BCUT2D eigenvalue weighted by atomic mass is 35.5. The van der Waals surface area contributed by atoms with Crippen molar-refractivity contribution < 1.29 is 9.53 Å². The number of halogens is 1. The molecular weight excluding hydrogens is 382 g/mol. The minimum absolute atomic E-state index is 0.0785. The van der Waals surface area contributed by atoms with Crippen LogP contribution in [-0.2, 0) is 11.3 Å². The zero-order valence-corrected chi connectivity index (χ0v) is 16.5. The molecule has 2 aromatic carbocycles. The van der Waals surface area contributed by atoms with E-state index in [4.69, 9.17) is 16.3 Å². The first-order valence-electron chi connectivity index (χ1n) is 8.55. The van der Waals surface area contributed by atoms with Gasteiger partial charge in [-0.1, -0.05) is 35.5 Å². The molecule has 3 aromatic rings. The van der Waals surface area contributed by atoms with Gasteiger partial charge in [0.25, 0.3) is 0 Å². The lowest BCUT2D eigenvalue weighted by atomic mass is 10.2. The molecule has 1 aromatic heterocycles. The fourth-order valence-corrected chi connectivity index (χ4v) is 3.36. The Hall–Kier alpha value is -2.44. The highest BCUT2D eigenvalue weighted by Gasteiger charge is 2.09. The van der Waals surface area contributed by atoms with Gasteiger partial charge in [-0.3, -0.25) is 4.79 Å². The van der Waals surface area contributed by atoms with E-state index in [-0.39, 0.29) is 11.7 Å². The molecule has 0 saturated carbocycles. The van der Waals surface area contributed by atoms with Gasteiger partial charge in [0.05, 0.1) is 12.4 Å². The number of imidazole rings is 1. The van der Waals surface area contributed by atoms with Gasteiger partial charge in [-0.25, -0.2) is 4.98 Å². The number of benzene rings is 2. The van der Waals surface area contributed by atoms with Crippen LogP contribution in [-0.4, -0.2) is 27.8 Å². The molecule has 1 amide bonds. The average molecular weight is 402 g/mol. The maximum Gasteiger partial charge on any atom is 0.234 e. The summed E-state index contributed by atoms with van der Waals surface area (Å²) < 4.78 is 7.41. The van der Waals surface area contributed by atoms with E-state index in [1.807, 2.05) is 66.2 Å². The van der Waals surface area contributed by atoms with Crippen molar-refractivity contribution in [1.29, 1.82) is 0 Å². The van der Waals surface area contributed by atoms with Crippen molar-refractivity contribution in [2.75, 3.05) is 17.7 Å². The molecule has 0 fully saturated rings. The van der Waals surface area contributed by atoms with Gasteiger partial charge in [0.2, 0.25) is 5.91 Å². The van der Waals surface area contributed by atoms with Gasteiger partial charge < -0.3 is 14.6 Å². The van der Waals surface area contributed by atoms with Gasteiger partial charge in [-0.2, -0.15) is 0 Å². The normalized spacial score (nSPS) is 10.6. The summed E-state index contributed by atoms with van der Waals surface area (Å²) in [5.41, 5.74) is 1.87. The summed E-state index contributed by atoms with van der Waals surface area (Å²) >= 11 is 7.33. The molecule has 3 rings (SSSR count). The van der Waals surface area contributed by atoms with Gasteiger partial charge in [0.1, 0.15) is 5.75 Å². The van der Waals surface area contributed by atoms with E-state index >= 15 is 0 Å². The number of carbonyl (C=O) groups is 1. The second-order valence-corrected chi connectivity index (χ2v) is 7.14. The number of anilines is 1. The molecular formula is C20H20ClN3O2S. The molecule has 0 bridgehead atoms. The zero-order chi connectivity index (χ0) is 19.1. The zero-order valence-electron chi connectivity index (χ0n) is 14.9. The van der Waals surface area contributed by atoms with Gasteiger partial charge in [0, 0.05) is 29.6 Å². The number of ether oxygens (including phenoxy) is 1. The second-order valence-electron chi connectivity index (χ2n) is 5.76. The highest BCUT2D eigenvalue weighted by Crippen LogP contribution is 2.20. The number of hydrogen-bond donors (Lipinski definition) is 1. The quantitative estimate of drug-likeness (QED) is 0.555. The SMILES string of the molecule is CCOc1ccc(NC(=O)CSc2nccn2Cc2ccc(Cl)cc2)cc1. The van der Waals surface area contributed by atoms with E-state index in [9.17, 15) is 4.79 Å². The molecule has 0 aliphatic rings. The molecule has 7 heteroatoms. The van der Waals surface area contributed by atoms with Crippen molar-refractivity contribution in [3.05, 3.63) is 71.5 Å². The van der Waals surface area contributed by atoms with Crippen LogP contribution in [0.3, 0.4) is 0 Å². The number of nitrogens with one attached hydrogen (secondary N) is 1. The van der Waals surface area contributed by atoms with Crippen LogP contribution in [0.1, 0.15) is 12.5 Å². The third-order valence-electron chi connectivity index (χ3n) is 3.72. The Labute approximate surface area is 167 Å². The van der Waals surface area contributed by atoms with Gasteiger partial charge in [0.15, 0.2) is 5.16 Å². The van der Waals surface area contributed by atoms with Crippen molar-refractivity contribution in [1.82, 2.24) is 9.55 Å². The molecule has 27 heavy (non-hydrogen) atoms. The van der Waals surface area contributed by atoms with Crippen molar-refractivity contribution in [3.63, 3.8) is 0 Å². The Bertz CT molecular complexity index is 879. The van der Waals surface area contributed by atoms with Crippen LogP contribution in [0.25, 0.3) is 0 Å². The Morgan fingerprint density at radius 1 is 1.19 bits per heavy atom. The average Bonchev–Trinajstić information content (AvgIpc) is 3.11. The summed E-state index contributed by atoms with van der Waals surface area (Å²) in [6.45, 7) is 3.23. The van der Waals surface area contributed by atoms with Crippen molar-refractivity contribution in [3.8, 4) is 5.75 Å². The second kappa shape index (κ2) is 9.48. The predicted octanol–water partition coefficient (Wildman–Crippen LogP) is 4.71. The predicted molar refractivity (Wildman–Crippen MR) is 110 cm³/mol. The van der Waals surface area contributed by atoms with Crippen LogP contribution in [0.5, 0.6) is 5.75 Å². The van der Waals surface area contributed by atoms with Crippen molar-refractivity contribution in [2.24, 2.45) is 0 Å². The van der Waals surface area contributed by atoms with E-state index in [0.717, 1.165) is 22.2 Å². The summed E-state index contributed by atoms with van der Waals surface area (Å²) in [6, 6.07) is 15.0. The molecule has 0 saturated heterocycles. The molecule has 1 N–H and O–H groups in total. The number of thioether (sulfide) groups is 1. The molecule has 140 valence electrons. The van der Waals surface area contributed by atoms with E-state index in [1.165, 1.54) is 11.8 Å². The van der Waals surface area contributed by atoms with Crippen LogP contribution in [0.15, 0.2) is 66.1 Å². The minimum atomic E-state index is -0.0785. The van der Waals surface area contributed by atoms with Crippen LogP contribution in [0.2, 0.25) is 5.02 Å². The van der Waals surface area contributed by atoms with Crippen LogP contribution < -0.4 is 10.1 Å². The first-order chi connectivity index (χ1) is 13.1. The van der Waals surface area contributed by atoms with Crippen LogP contribution in [0, 0.1) is 0 Å². The topological polar surface area (TPSA) is 56.1 Å². The van der Waals surface area contributed by atoms with E-state index in [1.54, 1.807) is 6.20 Å².